The highest BCUT2D eigenvalue weighted by Gasteiger charge is 2.08. The van der Waals surface area contributed by atoms with Crippen molar-refractivity contribution in [2.45, 2.75) is 6.92 Å². The fourth-order valence-electron chi connectivity index (χ4n) is 1.89. The lowest BCUT2D eigenvalue weighted by atomic mass is 10.1. The molecule has 1 aromatic heterocycles. The largest absolute Gasteiger partial charge is 0.338 e. The molecular formula is C14H10BrClN2. The van der Waals surface area contributed by atoms with Gasteiger partial charge in [0.2, 0.25) is 0 Å². The molecule has 1 N–H and O–H groups in total. The van der Waals surface area contributed by atoms with Crippen molar-refractivity contribution in [3.05, 3.63) is 51.5 Å². The lowest BCUT2D eigenvalue weighted by molar-refractivity contribution is 1.33. The Labute approximate surface area is 118 Å². The van der Waals surface area contributed by atoms with E-state index >= 15 is 0 Å². The van der Waals surface area contributed by atoms with Gasteiger partial charge in [-0.1, -0.05) is 41.4 Å². The number of aromatic nitrogens is 2. The molecule has 0 saturated carbocycles. The molecule has 1 heterocycles. The van der Waals surface area contributed by atoms with Gasteiger partial charge in [0.25, 0.3) is 0 Å². The first-order chi connectivity index (χ1) is 8.63. The Morgan fingerprint density at radius 2 is 1.89 bits per heavy atom. The summed E-state index contributed by atoms with van der Waals surface area (Å²) in [7, 11) is 0. The molecule has 0 aliphatic carbocycles. The van der Waals surface area contributed by atoms with Crippen LogP contribution < -0.4 is 0 Å². The number of rotatable bonds is 1. The monoisotopic (exact) mass is 320 g/mol. The second-order valence-electron chi connectivity index (χ2n) is 4.24. The van der Waals surface area contributed by atoms with Gasteiger partial charge in [-0.2, -0.15) is 0 Å². The Kier molecular flexibility index (Phi) is 2.88. The van der Waals surface area contributed by atoms with Gasteiger partial charge < -0.3 is 4.98 Å². The highest BCUT2D eigenvalue weighted by atomic mass is 79.9. The molecule has 3 rings (SSSR count). The van der Waals surface area contributed by atoms with E-state index in [1.165, 1.54) is 5.56 Å². The van der Waals surface area contributed by atoms with Crippen LogP contribution in [0.2, 0.25) is 5.02 Å². The number of aromatic amines is 1. The van der Waals surface area contributed by atoms with Gasteiger partial charge in [-0.05, 0) is 35.0 Å². The average Bonchev–Trinajstić information content (AvgIpc) is 2.74. The van der Waals surface area contributed by atoms with Crippen molar-refractivity contribution in [3.63, 3.8) is 0 Å². The zero-order valence-electron chi connectivity index (χ0n) is 9.67. The number of benzene rings is 2. The van der Waals surface area contributed by atoms with Crippen molar-refractivity contribution in [1.29, 1.82) is 0 Å². The minimum absolute atomic E-state index is 0.688. The maximum absolute atomic E-state index is 6.02. The Morgan fingerprint density at radius 3 is 2.61 bits per heavy atom. The molecule has 18 heavy (non-hydrogen) atoms. The lowest BCUT2D eigenvalue weighted by Gasteiger charge is -1.96. The Bertz CT molecular complexity index is 716. The highest BCUT2D eigenvalue weighted by molar-refractivity contribution is 9.10. The summed E-state index contributed by atoms with van der Waals surface area (Å²) in [6.45, 7) is 2.07. The van der Waals surface area contributed by atoms with E-state index in [4.69, 9.17) is 11.6 Å². The maximum atomic E-state index is 6.02. The smallest absolute Gasteiger partial charge is 0.138 e. The van der Waals surface area contributed by atoms with Crippen LogP contribution in [0.15, 0.2) is 40.9 Å². The topological polar surface area (TPSA) is 28.7 Å². The van der Waals surface area contributed by atoms with Crippen molar-refractivity contribution in [3.8, 4) is 11.4 Å². The number of nitrogens with zero attached hydrogens (tertiary/aromatic N) is 1. The number of halogens is 2. The summed E-state index contributed by atoms with van der Waals surface area (Å²) in [6, 6.07) is 12.0. The summed E-state index contributed by atoms with van der Waals surface area (Å²) in [5, 5.41) is 0.688. The van der Waals surface area contributed by atoms with E-state index in [1.54, 1.807) is 0 Å². The normalized spacial score (nSPS) is 11.1. The molecule has 0 atom stereocenters. The van der Waals surface area contributed by atoms with Crippen LogP contribution in [-0.4, -0.2) is 9.97 Å². The number of fused-ring (bicyclic) bond motifs is 1. The van der Waals surface area contributed by atoms with Gasteiger partial charge in [0.15, 0.2) is 0 Å². The van der Waals surface area contributed by atoms with Crippen LogP contribution in [0.5, 0.6) is 0 Å². The van der Waals surface area contributed by atoms with E-state index < -0.39 is 0 Å². The lowest BCUT2D eigenvalue weighted by Crippen LogP contribution is -1.80. The molecule has 0 spiro atoms. The van der Waals surface area contributed by atoms with Crippen molar-refractivity contribution in [2.24, 2.45) is 0 Å². The van der Waals surface area contributed by atoms with Crippen LogP contribution in [0.3, 0.4) is 0 Å². The standard InChI is InChI=1S/C14H10BrClN2/c1-8-2-4-9(5-3-8)14-17-12-7-10(16)6-11(15)13(12)18-14/h2-7H,1H3,(H,17,18). The van der Waals surface area contributed by atoms with Crippen molar-refractivity contribution < 1.29 is 0 Å². The second kappa shape index (κ2) is 4.41. The Morgan fingerprint density at radius 1 is 1.17 bits per heavy atom. The van der Waals surface area contributed by atoms with E-state index in [1.807, 2.05) is 12.1 Å². The molecule has 0 aliphatic heterocycles. The number of hydrogen-bond donors (Lipinski definition) is 1. The minimum atomic E-state index is 0.688. The van der Waals surface area contributed by atoms with Crippen LogP contribution in [0.4, 0.5) is 0 Å². The van der Waals surface area contributed by atoms with Crippen LogP contribution >= 0.6 is 27.5 Å². The summed E-state index contributed by atoms with van der Waals surface area (Å²) in [6.07, 6.45) is 0. The third kappa shape index (κ3) is 2.04. The van der Waals surface area contributed by atoms with Gasteiger partial charge in [0.1, 0.15) is 11.3 Å². The molecule has 0 aliphatic rings. The minimum Gasteiger partial charge on any atom is -0.338 e. The first-order valence-corrected chi connectivity index (χ1v) is 6.72. The van der Waals surface area contributed by atoms with Crippen LogP contribution in [-0.2, 0) is 0 Å². The summed E-state index contributed by atoms with van der Waals surface area (Å²) < 4.78 is 0.902. The molecule has 2 aromatic carbocycles. The van der Waals surface area contributed by atoms with Crippen molar-refractivity contribution in [1.82, 2.24) is 9.97 Å². The summed E-state index contributed by atoms with van der Waals surface area (Å²) in [4.78, 5) is 7.88. The molecule has 0 radical (unpaired) electrons. The first kappa shape index (κ1) is 11.8. The van der Waals surface area contributed by atoms with Gasteiger partial charge in [0.05, 0.1) is 5.52 Å². The predicted octanol–water partition coefficient (Wildman–Crippen LogP) is 4.95. The number of nitrogens with one attached hydrogen (secondary N) is 1. The van der Waals surface area contributed by atoms with Gasteiger partial charge in [0, 0.05) is 15.1 Å². The third-order valence-electron chi connectivity index (χ3n) is 2.83. The third-order valence-corrected chi connectivity index (χ3v) is 3.65. The summed E-state index contributed by atoms with van der Waals surface area (Å²) in [5.41, 5.74) is 4.14. The molecule has 0 saturated heterocycles. The van der Waals surface area contributed by atoms with Crippen LogP contribution in [0.1, 0.15) is 5.56 Å². The zero-order valence-corrected chi connectivity index (χ0v) is 12.0. The summed E-state index contributed by atoms with van der Waals surface area (Å²) in [5.74, 6) is 0.855. The van der Waals surface area contributed by atoms with Gasteiger partial charge in [-0.25, -0.2) is 4.98 Å². The number of H-pyrrole nitrogens is 1. The molecular weight excluding hydrogens is 312 g/mol. The number of hydrogen-bond acceptors (Lipinski definition) is 1. The van der Waals surface area contributed by atoms with E-state index in [9.17, 15) is 0 Å². The molecule has 2 nitrogen and oxygen atoms in total. The number of imidazole rings is 1. The molecule has 0 amide bonds. The van der Waals surface area contributed by atoms with Gasteiger partial charge >= 0.3 is 0 Å². The van der Waals surface area contributed by atoms with Gasteiger partial charge in [-0.3, -0.25) is 0 Å². The quantitative estimate of drug-likeness (QED) is 0.674. The fourth-order valence-corrected chi connectivity index (χ4v) is 2.79. The van der Waals surface area contributed by atoms with E-state index in [2.05, 4.69) is 57.1 Å². The van der Waals surface area contributed by atoms with E-state index in [-0.39, 0.29) is 0 Å². The zero-order chi connectivity index (χ0) is 12.7. The van der Waals surface area contributed by atoms with E-state index in [0.717, 1.165) is 26.9 Å². The highest BCUT2D eigenvalue weighted by Crippen LogP contribution is 2.29. The van der Waals surface area contributed by atoms with Crippen molar-refractivity contribution >= 4 is 38.6 Å². The molecule has 0 bridgehead atoms. The average molecular weight is 322 g/mol. The SMILES string of the molecule is Cc1ccc(-c2nc3c(Br)cc(Cl)cc3[nH]2)cc1. The van der Waals surface area contributed by atoms with E-state index in [0.29, 0.717) is 5.02 Å². The second-order valence-corrected chi connectivity index (χ2v) is 5.53. The molecule has 0 unspecified atom stereocenters. The van der Waals surface area contributed by atoms with Crippen LogP contribution in [0, 0.1) is 6.92 Å². The molecule has 4 heteroatoms. The maximum Gasteiger partial charge on any atom is 0.138 e. The Hall–Kier alpha value is -1.32. The van der Waals surface area contributed by atoms with Crippen LogP contribution in [0.25, 0.3) is 22.4 Å². The Balaban J connectivity index is 2.19. The van der Waals surface area contributed by atoms with Gasteiger partial charge in [-0.15, -0.1) is 0 Å². The molecule has 90 valence electrons. The van der Waals surface area contributed by atoms with Crippen molar-refractivity contribution in [2.75, 3.05) is 0 Å². The fraction of sp³-hybridized carbons (Fsp3) is 0.0714. The number of aryl methyl sites for hydroxylation is 1. The first-order valence-electron chi connectivity index (χ1n) is 5.55. The molecule has 0 fully saturated rings. The predicted molar refractivity (Wildman–Crippen MR) is 79.0 cm³/mol. The summed E-state index contributed by atoms with van der Waals surface area (Å²) >= 11 is 9.50. The molecule has 3 aromatic rings.